The van der Waals surface area contributed by atoms with E-state index < -0.39 is 0 Å². The number of carbonyl (C=O) groups excluding carboxylic acids is 1. The van der Waals surface area contributed by atoms with Crippen LogP contribution in [0, 0.1) is 13.8 Å². The molecule has 0 N–H and O–H groups in total. The number of ether oxygens (including phenoxy) is 1. The molecule has 0 bridgehead atoms. The summed E-state index contributed by atoms with van der Waals surface area (Å²) in [6.45, 7) is 10.3. The fourth-order valence-corrected chi connectivity index (χ4v) is 4.33. The molecule has 0 saturated carbocycles. The highest BCUT2D eigenvalue weighted by Crippen LogP contribution is 2.22. The Labute approximate surface area is 180 Å². The molecular formula is C21H27N7O3. The molecule has 2 saturated heterocycles. The zero-order chi connectivity index (χ0) is 21.4. The Balaban J connectivity index is 1.39. The van der Waals surface area contributed by atoms with Crippen molar-refractivity contribution in [2.45, 2.75) is 20.4 Å². The molecule has 0 aromatic carbocycles. The number of carbonyl (C=O) groups is 1. The van der Waals surface area contributed by atoms with Crippen molar-refractivity contribution in [1.29, 1.82) is 0 Å². The number of rotatable bonds is 4. The van der Waals surface area contributed by atoms with E-state index in [1.54, 1.807) is 0 Å². The number of morpholine rings is 1. The summed E-state index contributed by atoms with van der Waals surface area (Å²) in [6.07, 6.45) is 2.00. The van der Waals surface area contributed by atoms with Crippen LogP contribution in [0.2, 0.25) is 0 Å². The van der Waals surface area contributed by atoms with Gasteiger partial charge in [-0.15, -0.1) is 0 Å². The summed E-state index contributed by atoms with van der Waals surface area (Å²) in [4.78, 5) is 24.5. The molecular weight excluding hydrogens is 398 g/mol. The lowest BCUT2D eigenvalue weighted by molar-refractivity contribution is 0.0298. The smallest absolute Gasteiger partial charge is 0.274 e. The first kappa shape index (κ1) is 20.0. The Morgan fingerprint density at radius 1 is 1.06 bits per heavy atom. The quantitative estimate of drug-likeness (QED) is 0.614. The van der Waals surface area contributed by atoms with Crippen LogP contribution in [0.4, 0.5) is 5.82 Å². The van der Waals surface area contributed by atoms with Crippen molar-refractivity contribution < 1.29 is 14.2 Å². The van der Waals surface area contributed by atoms with E-state index in [9.17, 15) is 4.79 Å². The first-order valence-corrected chi connectivity index (χ1v) is 10.7. The van der Waals surface area contributed by atoms with E-state index in [4.69, 9.17) is 14.3 Å². The minimum absolute atomic E-state index is 0.00988. The highest BCUT2D eigenvalue weighted by molar-refractivity contribution is 5.94. The van der Waals surface area contributed by atoms with E-state index in [-0.39, 0.29) is 5.91 Å². The van der Waals surface area contributed by atoms with Crippen molar-refractivity contribution in [1.82, 2.24) is 29.5 Å². The lowest BCUT2D eigenvalue weighted by Gasteiger charge is -2.34. The van der Waals surface area contributed by atoms with Crippen LogP contribution in [-0.4, -0.2) is 87.9 Å². The number of anilines is 1. The summed E-state index contributed by atoms with van der Waals surface area (Å²) < 4.78 is 12.3. The number of nitrogens with zero attached hydrogens (tertiary/aromatic N) is 7. The van der Waals surface area contributed by atoms with Crippen molar-refractivity contribution in [2.24, 2.45) is 0 Å². The molecule has 0 atom stereocenters. The number of fused-ring (bicyclic) bond motifs is 1. The summed E-state index contributed by atoms with van der Waals surface area (Å²) in [7, 11) is 0. The maximum atomic E-state index is 13.3. The third-order valence-corrected chi connectivity index (χ3v) is 6.12. The molecule has 10 heteroatoms. The molecule has 0 radical (unpaired) electrons. The van der Waals surface area contributed by atoms with Crippen LogP contribution in [0.3, 0.4) is 0 Å². The molecule has 3 aromatic rings. The van der Waals surface area contributed by atoms with Crippen molar-refractivity contribution >= 4 is 17.4 Å². The predicted molar refractivity (Wildman–Crippen MR) is 113 cm³/mol. The van der Waals surface area contributed by atoms with Crippen molar-refractivity contribution in [2.75, 3.05) is 57.4 Å². The molecule has 0 aliphatic carbocycles. The van der Waals surface area contributed by atoms with Gasteiger partial charge in [-0.05, 0) is 30.6 Å². The third kappa shape index (κ3) is 3.77. The first-order chi connectivity index (χ1) is 15.1. The normalized spacial score (nSPS) is 18.1. The maximum absolute atomic E-state index is 13.3. The second-order valence-electron chi connectivity index (χ2n) is 8.13. The summed E-state index contributed by atoms with van der Waals surface area (Å²) >= 11 is 0. The van der Waals surface area contributed by atoms with Crippen LogP contribution in [0.5, 0.6) is 0 Å². The Morgan fingerprint density at radius 3 is 2.55 bits per heavy atom. The first-order valence-electron chi connectivity index (χ1n) is 10.7. The number of hydrogen-bond acceptors (Lipinski definition) is 8. The molecule has 0 unspecified atom stereocenters. The van der Waals surface area contributed by atoms with E-state index in [1.807, 2.05) is 37.1 Å². The van der Waals surface area contributed by atoms with Gasteiger partial charge in [0.05, 0.1) is 18.9 Å². The molecule has 164 valence electrons. The number of pyridine rings is 1. The summed E-state index contributed by atoms with van der Waals surface area (Å²) in [5.74, 6) is 0.803. The second kappa shape index (κ2) is 8.27. The minimum Gasteiger partial charge on any atom is -0.378 e. The lowest BCUT2D eigenvalue weighted by Crippen LogP contribution is -2.46. The van der Waals surface area contributed by atoms with Gasteiger partial charge in [-0.2, -0.15) is 0 Å². The van der Waals surface area contributed by atoms with Gasteiger partial charge in [0, 0.05) is 52.0 Å². The van der Waals surface area contributed by atoms with Crippen LogP contribution in [0.15, 0.2) is 23.0 Å². The van der Waals surface area contributed by atoms with Gasteiger partial charge in [0.15, 0.2) is 11.5 Å². The molecule has 2 aliphatic rings. The molecule has 10 nitrogen and oxygen atoms in total. The number of aryl methyl sites for hydroxylation is 2. The van der Waals surface area contributed by atoms with Crippen molar-refractivity contribution in [3.05, 3.63) is 41.0 Å². The standard InChI is InChI=1S/C21H27N7O3/c1-15-4-3-5-28-17(18(22-19(15)28)21(29)27-10-12-30-13-11-27)14-25-6-8-26(9-7-25)20-16(2)23-31-24-20/h3-5H,6-14H2,1-2H3. The second-order valence-corrected chi connectivity index (χ2v) is 8.13. The van der Waals surface area contributed by atoms with E-state index >= 15 is 0 Å². The maximum Gasteiger partial charge on any atom is 0.274 e. The Morgan fingerprint density at radius 2 is 1.84 bits per heavy atom. The zero-order valence-electron chi connectivity index (χ0n) is 18.0. The van der Waals surface area contributed by atoms with Crippen LogP contribution < -0.4 is 4.90 Å². The largest absolute Gasteiger partial charge is 0.378 e. The van der Waals surface area contributed by atoms with Crippen molar-refractivity contribution in [3.63, 3.8) is 0 Å². The fraction of sp³-hybridized carbons (Fsp3) is 0.524. The summed E-state index contributed by atoms with van der Waals surface area (Å²) in [5, 5.41) is 7.91. The van der Waals surface area contributed by atoms with Gasteiger partial charge in [-0.3, -0.25) is 9.69 Å². The highest BCUT2D eigenvalue weighted by Gasteiger charge is 2.28. The number of imidazole rings is 1. The Hall–Kier alpha value is -2.98. The average Bonchev–Trinajstić information content (AvgIpc) is 3.39. The van der Waals surface area contributed by atoms with Gasteiger partial charge in [0.2, 0.25) is 0 Å². The van der Waals surface area contributed by atoms with Gasteiger partial charge in [0.25, 0.3) is 5.91 Å². The van der Waals surface area contributed by atoms with Gasteiger partial charge < -0.3 is 18.9 Å². The van der Waals surface area contributed by atoms with Gasteiger partial charge >= 0.3 is 0 Å². The van der Waals surface area contributed by atoms with Crippen molar-refractivity contribution in [3.8, 4) is 0 Å². The van der Waals surface area contributed by atoms with E-state index in [1.165, 1.54) is 0 Å². The van der Waals surface area contributed by atoms with Crippen LogP contribution >= 0.6 is 0 Å². The van der Waals surface area contributed by atoms with Gasteiger partial charge in [0.1, 0.15) is 11.3 Å². The zero-order valence-corrected chi connectivity index (χ0v) is 18.0. The summed E-state index contributed by atoms with van der Waals surface area (Å²) in [6, 6.07) is 4.04. The Bertz CT molecular complexity index is 1080. The van der Waals surface area contributed by atoms with Gasteiger partial charge in [-0.25, -0.2) is 9.61 Å². The minimum atomic E-state index is -0.00988. The van der Waals surface area contributed by atoms with Crippen LogP contribution in [0.1, 0.15) is 27.4 Å². The number of aromatic nitrogens is 4. The summed E-state index contributed by atoms with van der Waals surface area (Å²) in [5.41, 5.74) is 4.21. The molecule has 0 spiro atoms. The molecule has 5 rings (SSSR count). The number of piperazine rings is 1. The number of amides is 1. The Kier molecular flexibility index (Phi) is 5.33. The molecule has 2 aliphatic heterocycles. The van der Waals surface area contributed by atoms with Crippen LogP contribution in [0.25, 0.3) is 5.65 Å². The molecule has 1 amide bonds. The fourth-order valence-electron chi connectivity index (χ4n) is 4.33. The predicted octanol–water partition coefficient (Wildman–Crippen LogP) is 1.13. The monoisotopic (exact) mass is 425 g/mol. The lowest BCUT2D eigenvalue weighted by atomic mass is 10.2. The van der Waals surface area contributed by atoms with Gasteiger partial charge in [-0.1, -0.05) is 11.2 Å². The van der Waals surface area contributed by atoms with E-state index in [0.29, 0.717) is 38.5 Å². The van der Waals surface area contributed by atoms with E-state index in [2.05, 4.69) is 24.5 Å². The topological polar surface area (TPSA) is 92.2 Å². The molecule has 31 heavy (non-hydrogen) atoms. The third-order valence-electron chi connectivity index (χ3n) is 6.12. The highest BCUT2D eigenvalue weighted by atomic mass is 16.6. The average molecular weight is 425 g/mol. The molecule has 2 fully saturated rings. The van der Waals surface area contributed by atoms with Crippen LogP contribution in [-0.2, 0) is 11.3 Å². The SMILES string of the molecule is Cc1nonc1N1CCN(Cc2c(C(=O)N3CCOCC3)nc3c(C)cccn23)CC1. The molecule has 3 aromatic heterocycles. The van der Waals surface area contributed by atoms with E-state index in [0.717, 1.165) is 54.6 Å². The molecule has 5 heterocycles. The number of hydrogen-bond donors (Lipinski definition) is 0.